The molecule has 0 saturated heterocycles. The van der Waals surface area contributed by atoms with Crippen LogP contribution in [0.5, 0.6) is 0 Å². The summed E-state index contributed by atoms with van der Waals surface area (Å²) in [6.45, 7) is 0. The zero-order valence-electron chi connectivity index (χ0n) is 10.7. The van der Waals surface area contributed by atoms with Gasteiger partial charge in [0.15, 0.2) is 0 Å². The highest BCUT2D eigenvalue weighted by Gasteiger charge is 2.18. The van der Waals surface area contributed by atoms with E-state index in [9.17, 15) is 13.2 Å². The van der Waals surface area contributed by atoms with Crippen molar-refractivity contribution in [3.8, 4) is 0 Å². The molecule has 0 aliphatic rings. The number of rotatable bonds is 4. The van der Waals surface area contributed by atoms with E-state index >= 15 is 0 Å². The minimum atomic E-state index is -3.89. The van der Waals surface area contributed by atoms with Crippen molar-refractivity contribution in [3.05, 3.63) is 53.1 Å². The van der Waals surface area contributed by atoms with Gasteiger partial charge in [0.25, 0.3) is 15.9 Å². The fourth-order valence-corrected chi connectivity index (χ4v) is 3.00. The Balaban J connectivity index is 2.44. The highest BCUT2D eigenvalue weighted by atomic mass is 35.5. The molecule has 0 aromatic heterocycles. The number of carbonyl (C=O) groups is 1. The number of nitrogens with two attached hydrogens (primary N) is 2. The van der Waals surface area contributed by atoms with Crippen molar-refractivity contribution in [2.24, 2.45) is 5.73 Å². The highest BCUT2D eigenvalue weighted by molar-refractivity contribution is 7.92. The fourth-order valence-electron chi connectivity index (χ4n) is 1.69. The van der Waals surface area contributed by atoms with E-state index in [0.717, 1.165) is 0 Å². The second-order valence-corrected chi connectivity index (χ2v) is 6.35. The van der Waals surface area contributed by atoms with Gasteiger partial charge in [0, 0.05) is 10.7 Å². The normalized spacial score (nSPS) is 11.1. The zero-order chi connectivity index (χ0) is 15.6. The topological polar surface area (TPSA) is 115 Å². The van der Waals surface area contributed by atoms with Gasteiger partial charge >= 0.3 is 0 Å². The summed E-state index contributed by atoms with van der Waals surface area (Å²) < 4.78 is 26.8. The number of benzene rings is 2. The minimum Gasteiger partial charge on any atom is -0.399 e. The smallest absolute Gasteiger partial charge is 0.261 e. The molecule has 0 saturated carbocycles. The quantitative estimate of drug-likeness (QED) is 0.743. The number of anilines is 2. The number of nitrogens with one attached hydrogen (secondary N) is 1. The lowest BCUT2D eigenvalue weighted by atomic mass is 10.2. The van der Waals surface area contributed by atoms with E-state index in [1.54, 1.807) is 6.07 Å². The molecule has 2 aromatic carbocycles. The molecule has 0 bridgehead atoms. The molecule has 21 heavy (non-hydrogen) atoms. The van der Waals surface area contributed by atoms with Crippen LogP contribution < -0.4 is 16.2 Å². The van der Waals surface area contributed by atoms with Crippen molar-refractivity contribution in [3.63, 3.8) is 0 Å². The number of halogens is 1. The number of primary amides is 1. The van der Waals surface area contributed by atoms with Crippen LogP contribution in [-0.4, -0.2) is 14.3 Å². The standard InChI is InChI=1S/C13H12ClN3O3S/c14-8-4-5-12(11(6-8)13(16)18)17-21(19,20)10-3-1-2-9(15)7-10/h1-7,17H,15H2,(H2,16,18). The fraction of sp³-hybridized carbons (Fsp3) is 0. The molecule has 0 unspecified atom stereocenters. The van der Waals surface area contributed by atoms with E-state index in [0.29, 0.717) is 5.69 Å². The minimum absolute atomic E-state index is 0.0185. The van der Waals surface area contributed by atoms with Crippen molar-refractivity contribution in [2.45, 2.75) is 4.90 Å². The number of sulfonamides is 1. The average Bonchev–Trinajstić information content (AvgIpc) is 2.40. The van der Waals surface area contributed by atoms with Gasteiger partial charge in [-0.05, 0) is 36.4 Å². The van der Waals surface area contributed by atoms with Crippen molar-refractivity contribution in [2.75, 3.05) is 10.5 Å². The van der Waals surface area contributed by atoms with Crippen LogP contribution in [0.1, 0.15) is 10.4 Å². The van der Waals surface area contributed by atoms with E-state index in [1.165, 1.54) is 36.4 Å². The largest absolute Gasteiger partial charge is 0.399 e. The Bertz CT molecular complexity index is 806. The Labute approximate surface area is 126 Å². The summed E-state index contributed by atoms with van der Waals surface area (Å²) in [5.74, 6) is -0.789. The predicted octanol–water partition coefficient (Wildman–Crippen LogP) is 1.82. The Hall–Kier alpha value is -2.25. The van der Waals surface area contributed by atoms with Gasteiger partial charge in [-0.25, -0.2) is 8.42 Å². The van der Waals surface area contributed by atoms with Gasteiger partial charge in [-0.15, -0.1) is 0 Å². The molecule has 8 heteroatoms. The summed E-state index contributed by atoms with van der Waals surface area (Å²) in [5.41, 5.74) is 11.1. The maximum absolute atomic E-state index is 12.3. The van der Waals surface area contributed by atoms with E-state index in [1.807, 2.05) is 0 Å². The van der Waals surface area contributed by atoms with Gasteiger partial charge in [-0.3, -0.25) is 9.52 Å². The van der Waals surface area contributed by atoms with Crippen LogP contribution in [0.3, 0.4) is 0 Å². The highest BCUT2D eigenvalue weighted by Crippen LogP contribution is 2.24. The molecule has 110 valence electrons. The molecule has 0 aliphatic heterocycles. The lowest BCUT2D eigenvalue weighted by molar-refractivity contribution is 0.100. The molecule has 2 rings (SSSR count). The number of carbonyl (C=O) groups excluding carboxylic acids is 1. The summed E-state index contributed by atoms with van der Waals surface area (Å²) >= 11 is 5.77. The Morgan fingerprint density at radius 2 is 1.86 bits per heavy atom. The first-order valence-corrected chi connectivity index (χ1v) is 7.63. The van der Waals surface area contributed by atoms with E-state index in [2.05, 4.69) is 4.72 Å². The molecule has 2 aromatic rings. The van der Waals surface area contributed by atoms with Crippen LogP contribution in [-0.2, 0) is 10.0 Å². The molecular formula is C13H12ClN3O3S. The summed E-state index contributed by atoms with van der Waals surface area (Å²) in [5, 5.41) is 0.274. The maximum atomic E-state index is 12.3. The summed E-state index contributed by atoms with van der Waals surface area (Å²) in [6, 6.07) is 9.89. The first-order chi connectivity index (χ1) is 9.79. The van der Waals surface area contributed by atoms with E-state index in [-0.39, 0.29) is 21.2 Å². The van der Waals surface area contributed by atoms with Crippen LogP contribution in [0.2, 0.25) is 5.02 Å². The van der Waals surface area contributed by atoms with Crippen LogP contribution in [0.4, 0.5) is 11.4 Å². The zero-order valence-corrected chi connectivity index (χ0v) is 12.3. The van der Waals surface area contributed by atoms with E-state index < -0.39 is 15.9 Å². The van der Waals surface area contributed by atoms with Crippen LogP contribution in [0.15, 0.2) is 47.4 Å². The maximum Gasteiger partial charge on any atom is 0.261 e. The third-order valence-corrected chi connectivity index (χ3v) is 4.26. The summed E-state index contributed by atoms with van der Waals surface area (Å²) in [6.07, 6.45) is 0. The number of nitrogen functional groups attached to an aromatic ring is 1. The second kappa shape index (κ2) is 5.63. The van der Waals surface area contributed by atoms with Crippen molar-refractivity contribution in [1.29, 1.82) is 0 Å². The van der Waals surface area contributed by atoms with Crippen LogP contribution in [0, 0.1) is 0 Å². The van der Waals surface area contributed by atoms with Gasteiger partial charge in [-0.1, -0.05) is 17.7 Å². The average molecular weight is 326 g/mol. The van der Waals surface area contributed by atoms with Crippen molar-refractivity contribution < 1.29 is 13.2 Å². The molecular weight excluding hydrogens is 314 g/mol. The van der Waals surface area contributed by atoms with Crippen LogP contribution in [0.25, 0.3) is 0 Å². The van der Waals surface area contributed by atoms with Gasteiger partial charge in [0.1, 0.15) is 0 Å². The predicted molar refractivity (Wildman–Crippen MR) is 81.6 cm³/mol. The third-order valence-electron chi connectivity index (χ3n) is 2.66. The summed E-state index contributed by atoms with van der Waals surface area (Å²) in [4.78, 5) is 11.3. The van der Waals surface area contributed by atoms with Crippen molar-refractivity contribution >= 4 is 38.9 Å². The number of amides is 1. The molecule has 0 fully saturated rings. The van der Waals surface area contributed by atoms with Gasteiger partial charge in [-0.2, -0.15) is 0 Å². The molecule has 6 nitrogen and oxygen atoms in total. The molecule has 0 spiro atoms. The monoisotopic (exact) mass is 325 g/mol. The molecule has 5 N–H and O–H groups in total. The molecule has 0 aliphatic carbocycles. The van der Waals surface area contributed by atoms with Crippen molar-refractivity contribution in [1.82, 2.24) is 0 Å². The first-order valence-electron chi connectivity index (χ1n) is 5.77. The van der Waals surface area contributed by atoms with Gasteiger partial charge in [0.05, 0.1) is 16.1 Å². The summed E-state index contributed by atoms with van der Waals surface area (Å²) in [7, 11) is -3.89. The number of hydrogen-bond donors (Lipinski definition) is 3. The molecule has 0 atom stereocenters. The van der Waals surface area contributed by atoms with Gasteiger partial charge in [0.2, 0.25) is 0 Å². The number of hydrogen-bond acceptors (Lipinski definition) is 4. The molecule has 0 radical (unpaired) electrons. The second-order valence-electron chi connectivity index (χ2n) is 4.23. The van der Waals surface area contributed by atoms with Gasteiger partial charge < -0.3 is 11.5 Å². The molecule has 1 amide bonds. The lowest BCUT2D eigenvalue weighted by Crippen LogP contribution is -2.18. The third kappa shape index (κ3) is 3.45. The Morgan fingerprint density at radius 3 is 2.48 bits per heavy atom. The Kier molecular flexibility index (Phi) is 4.06. The SMILES string of the molecule is NC(=O)c1cc(Cl)ccc1NS(=O)(=O)c1cccc(N)c1. The molecule has 0 heterocycles. The van der Waals surface area contributed by atoms with E-state index in [4.69, 9.17) is 23.1 Å². The van der Waals surface area contributed by atoms with Crippen LogP contribution >= 0.6 is 11.6 Å². The Morgan fingerprint density at radius 1 is 1.14 bits per heavy atom. The first kappa shape index (κ1) is 15.1. The lowest BCUT2D eigenvalue weighted by Gasteiger charge is -2.11.